The predicted octanol–water partition coefficient (Wildman–Crippen LogP) is 5.01. The van der Waals surface area contributed by atoms with E-state index in [1.807, 2.05) is 43.3 Å². The van der Waals surface area contributed by atoms with Crippen LogP contribution in [0.5, 0.6) is 5.75 Å². The lowest BCUT2D eigenvalue weighted by Crippen LogP contribution is -2.25. The van der Waals surface area contributed by atoms with E-state index in [1.54, 1.807) is 23.9 Å². The number of nitrogens with zero attached hydrogens (tertiary/aromatic N) is 3. The number of nitrogens with one attached hydrogen (secondary N) is 1. The molecular weight excluding hydrogens is 436 g/mol. The van der Waals surface area contributed by atoms with Gasteiger partial charge in [0.2, 0.25) is 0 Å². The van der Waals surface area contributed by atoms with Crippen LogP contribution >= 0.6 is 11.8 Å². The second-order valence-electron chi connectivity index (χ2n) is 7.46. The Morgan fingerprint density at radius 2 is 1.88 bits per heavy atom. The molecule has 0 saturated carbocycles. The van der Waals surface area contributed by atoms with E-state index in [4.69, 9.17) is 9.47 Å². The third-order valence-electron chi connectivity index (χ3n) is 5.30. The highest BCUT2D eigenvalue weighted by Crippen LogP contribution is 2.25. The van der Waals surface area contributed by atoms with Crippen LogP contribution in [0.15, 0.2) is 64.7 Å². The van der Waals surface area contributed by atoms with E-state index in [0.29, 0.717) is 17.9 Å². The predicted molar refractivity (Wildman–Crippen MR) is 133 cm³/mol. The molecule has 0 unspecified atom stereocenters. The minimum Gasteiger partial charge on any atom is -0.494 e. The molecule has 8 heteroatoms. The standard InChI is InChI=1S/C25H26N4O3S/c1-5-32-21-12-8-19(9-13-21)26-25-28-27-23(15-33-25)22-14-16(2)29(17(22)3)20-10-6-18(7-11-20)24(30)31-4/h6-14H,5,15H2,1-4H3,(H,26,28). The zero-order chi connectivity index (χ0) is 23.4. The molecule has 7 nitrogen and oxygen atoms in total. The van der Waals surface area contributed by atoms with Gasteiger partial charge in [-0.3, -0.25) is 5.43 Å². The van der Waals surface area contributed by atoms with Gasteiger partial charge in [-0.05, 0) is 75.4 Å². The second kappa shape index (κ2) is 9.95. The number of carbonyl (C=O) groups is 1. The first-order chi connectivity index (χ1) is 16.0. The summed E-state index contributed by atoms with van der Waals surface area (Å²) in [6.07, 6.45) is 0. The molecule has 4 rings (SSSR count). The summed E-state index contributed by atoms with van der Waals surface area (Å²) in [6.45, 7) is 6.74. The van der Waals surface area contributed by atoms with Crippen molar-refractivity contribution in [2.75, 3.05) is 19.5 Å². The number of rotatable bonds is 6. The van der Waals surface area contributed by atoms with E-state index in [-0.39, 0.29) is 5.97 Å². The number of aliphatic imine (C=N–C) groups is 1. The Balaban J connectivity index is 1.52. The Morgan fingerprint density at radius 3 is 2.48 bits per heavy atom. The van der Waals surface area contributed by atoms with Gasteiger partial charge in [-0.15, -0.1) is 0 Å². The Bertz CT molecular complexity index is 1210. The van der Waals surface area contributed by atoms with Crippen molar-refractivity contribution in [1.29, 1.82) is 0 Å². The number of hydrogen-bond donors (Lipinski definition) is 1. The van der Waals surface area contributed by atoms with E-state index < -0.39 is 0 Å². The first-order valence-corrected chi connectivity index (χ1v) is 11.6. The number of ether oxygens (including phenoxy) is 2. The van der Waals surface area contributed by atoms with E-state index in [2.05, 4.69) is 40.0 Å². The van der Waals surface area contributed by atoms with Crippen molar-refractivity contribution < 1.29 is 14.3 Å². The van der Waals surface area contributed by atoms with Crippen LogP contribution in [0.3, 0.4) is 0 Å². The summed E-state index contributed by atoms with van der Waals surface area (Å²) in [5, 5.41) is 5.36. The molecule has 0 atom stereocenters. The van der Waals surface area contributed by atoms with Gasteiger partial charge in [0.05, 0.1) is 30.7 Å². The molecule has 0 spiro atoms. The lowest BCUT2D eigenvalue weighted by atomic mass is 10.1. The molecule has 1 aliphatic heterocycles. The summed E-state index contributed by atoms with van der Waals surface area (Å²) >= 11 is 1.62. The third-order valence-corrected chi connectivity index (χ3v) is 6.17. The smallest absolute Gasteiger partial charge is 0.337 e. The van der Waals surface area contributed by atoms with Gasteiger partial charge in [0.25, 0.3) is 0 Å². The topological polar surface area (TPSA) is 77.2 Å². The minimum absolute atomic E-state index is 0.342. The molecule has 0 fully saturated rings. The fraction of sp³-hybridized carbons (Fsp3) is 0.240. The number of hydrogen-bond acceptors (Lipinski definition) is 6. The maximum absolute atomic E-state index is 11.7. The van der Waals surface area contributed by atoms with Gasteiger partial charge in [0, 0.05) is 28.4 Å². The summed E-state index contributed by atoms with van der Waals surface area (Å²) in [6, 6.07) is 17.2. The van der Waals surface area contributed by atoms with Gasteiger partial charge in [-0.2, -0.15) is 5.10 Å². The number of amidine groups is 1. The molecule has 3 aromatic rings. The van der Waals surface area contributed by atoms with Gasteiger partial charge < -0.3 is 14.0 Å². The molecule has 2 heterocycles. The van der Waals surface area contributed by atoms with Crippen molar-refractivity contribution in [2.24, 2.45) is 10.1 Å². The maximum Gasteiger partial charge on any atom is 0.337 e. The van der Waals surface area contributed by atoms with Crippen molar-refractivity contribution in [1.82, 2.24) is 9.99 Å². The zero-order valence-corrected chi connectivity index (χ0v) is 19.9. The average Bonchev–Trinajstić information content (AvgIpc) is 3.14. The average molecular weight is 463 g/mol. The van der Waals surface area contributed by atoms with Gasteiger partial charge in [-0.1, -0.05) is 11.8 Å². The number of benzene rings is 2. The van der Waals surface area contributed by atoms with Crippen LogP contribution in [-0.4, -0.2) is 40.9 Å². The SMILES string of the molecule is CCOc1ccc(N=C2NN=C(c3cc(C)n(-c4ccc(C(=O)OC)cc4)c3C)CS2)cc1. The highest BCUT2D eigenvalue weighted by atomic mass is 32.2. The summed E-state index contributed by atoms with van der Waals surface area (Å²) in [5.41, 5.74) is 9.69. The Morgan fingerprint density at radius 1 is 1.15 bits per heavy atom. The van der Waals surface area contributed by atoms with E-state index in [1.165, 1.54) is 7.11 Å². The molecule has 0 bridgehead atoms. The summed E-state index contributed by atoms with van der Waals surface area (Å²) in [7, 11) is 1.38. The van der Waals surface area contributed by atoms with Crippen molar-refractivity contribution in [2.45, 2.75) is 20.8 Å². The third kappa shape index (κ3) is 4.96. The van der Waals surface area contributed by atoms with Crippen LogP contribution in [0, 0.1) is 13.8 Å². The Hall–Kier alpha value is -3.52. The van der Waals surface area contributed by atoms with Crippen LogP contribution in [0.2, 0.25) is 0 Å². The monoisotopic (exact) mass is 462 g/mol. The first-order valence-electron chi connectivity index (χ1n) is 10.6. The molecule has 1 aliphatic rings. The van der Waals surface area contributed by atoms with Crippen molar-refractivity contribution in [3.8, 4) is 11.4 Å². The molecular formula is C25H26N4O3S. The van der Waals surface area contributed by atoms with E-state index in [9.17, 15) is 4.79 Å². The minimum atomic E-state index is -0.342. The fourth-order valence-electron chi connectivity index (χ4n) is 3.73. The van der Waals surface area contributed by atoms with Crippen LogP contribution in [-0.2, 0) is 4.74 Å². The summed E-state index contributed by atoms with van der Waals surface area (Å²) in [5.74, 6) is 1.21. The Labute approximate surface area is 197 Å². The molecule has 1 N–H and O–H groups in total. The van der Waals surface area contributed by atoms with Crippen molar-refractivity contribution >= 4 is 34.3 Å². The maximum atomic E-state index is 11.7. The molecule has 0 saturated heterocycles. The van der Waals surface area contributed by atoms with Gasteiger partial charge in [-0.25, -0.2) is 9.79 Å². The number of esters is 1. The number of aromatic nitrogens is 1. The van der Waals surface area contributed by atoms with Crippen molar-refractivity contribution in [3.63, 3.8) is 0 Å². The number of aryl methyl sites for hydroxylation is 1. The van der Waals surface area contributed by atoms with Crippen LogP contribution in [0.1, 0.15) is 34.2 Å². The number of methoxy groups -OCH3 is 1. The number of hydrazone groups is 1. The fourth-order valence-corrected chi connectivity index (χ4v) is 4.50. The summed E-state index contributed by atoms with van der Waals surface area (Å²) in [4.78, 5) is 16.4. The molecule has 0 radical (unpaired) electrons. The van der Waals surface area contributed by atoms with Crippen LogP contribution < -0.4 is 10.2 Å². The zero-order valence-electron chi connectivity index (χ0n) is 19.1. The molecule has 1 aromatic heterocycles. The van der Waals surface area contributed by atoms with Crippen LogP contribution in [0.4, 0.5) is 5.69 Å². The van der Waals surface area contributed by atoms with E-state index >= 15 is 0 Å². The second-order valence-corrected chi connectivity index (χ2v) is 8.43. The highest BCUT2D eigenvalue weighted by molar-refractivity contribution is 8.14. The molecule has 33 heavy (non-hydrogen) atoms. The Kier molecular flexibility index (Phi) is 6.84. The molecule has 170 valence electrons. The largest absolute Gasteiger partial charge is 0.494 e. The molecule has 0 aliphatic carbocycles. The number of thioether (sulfide) groups is 1. The first kappa shape index (κ1) is 22.7. The highest BCUT2D eigenvalue weighted by Gasteiger charge is 2.19. The number of carbonyl (C=O) groups excluding carboxylic acids is 1. The molecule has 0 amide bonds. The van der Waals surface area contributed by atoms with Crippen molar-refractivity contribution in [3.05, 3.63) is 77.1 Å². The lowest BCUT2D eigenvalue weighted by Gasteiger charge is -2.15. The van der Waals surface area contributed by atoms with Gasteiger partial charge in [0.1, 0.15) is 5.75 Å². The van der Waals surface area contributed by atoms with E-state index in [0.717, 1.165) is 45.0 Å². The molecule has 2 aromatic carbocycles. The normalized spacial score (nSPS) is 14.5. The van der Waals surface area contributed by atoms with Crippen LogP contribution in [0.25, 0.3) is 5.69 Å². The van der Waals surface area contributed by atoms with Gasteiger partial charge >= 0.3 is 5.97 Å². The lowest BCUT2D eigenvalue weighted by molar-refractivity contribution is 0.0600. The quantitative estimate of drug-likeness (QED) is 0.521. The van der Waals surface area contributed by atoms with Gasteiger partial charge in [0.15, 0.2) is 5.17 Å². The summed E-state index contributed by atoms with van der Waals surface area (Å²) < 4.78 is 12.4.